The predicted octanol–water partition coefficient (Wildman–Crippen LogP) is 2.38. The van der Waals surface area contributed by atoms with E-state index in [9.17, 15) is 13.2 Å². The molecular formula is C21H25N3O5S. The summed E-state index contributed by atoms with van der Waals surface area (Å²) in [6.45, 7) is 6.06. The van der Waals surface area contributed by atoms with E-state index in [1.807, 2.05) is 26.0 Å². The molecule has 0 saturated carbocycles. The first-order chi connectivity index (χ1) is 14.2. The van der Waals surface area contributed by atoms with Crippen molar-refractivity contribution >= 4 is 27.3 Å². The predicted molar refractivity (Wildman–Crippen MR) is 116 cm³/mol. The topological polar surface area (TPSA) is 97.3 Å². The highest BCUT2D eigenvalue weighted by Crippen LogP contribution is 2.31. The van der Waals surface area contributed by atoms with Crippen LogP contribution in [-0.2, 0) is 14.8 Å². The van der Waals surface area contributed by atoms with Crippen LogP contribution < -0.4 is 19.2 Å². The average molecular weight is 432 g/mol. The molecule has 9 heteroatoms. The second-order valence-electron chi connectivity index (χ2n) is 7.08. The lowest BCUT2D eigenvalue weighted by atomic mass is 10.1. The van der Waals surface area contributed by atoms with Gasteiger partial charge in [-0.25, -0.2) is 13.8 Å². The second kappa shape index (κ2) is 8.74. The van der Waals surface area contributed by atoms with Crippen molar-refractivity contribution in [1.29, 1.82) is 0 Å². The Labute approximate surface area is 176 Å². The molecule has 1 amide bonds. The van der Waals surface area contributed by atoms with Gasteiger partial charge >= 0.3 is 0 Å². The molecule has 0 aromatic heterocycles. The number of hydrogen-bond donors (Lipinski definition) is 1. The van der Waals surface area contributed by atoms with Crippen molar-refractivity contribution in [2.24, 2.45) is 5.10 Å². The summed E-state index contributed by atoms with van der Waals surface area (Å²) in [7, 11) is -3.66. The van der Waals surface area contributed by atoms with Gasteiger partial charge < -0.3 is 9.47 Å². The summed E-state index contributed by atoms with van der Waals surface area (Å²) in [6.07, 6.45) is 1.08. The normalized spacial score (nSPS) is 13.7. The summed E-state index contributed by atoms with van der Waals surface area (Å²) < 4.78 is 36.8. The summed E-state index contributed by atoms with van der Waals surface area (Å²) in [6, 6.07) is 10.7. The smallest absolute Gasteiger partial charge is 0.260 e. The first-order valence-electron chi connectivity index (χ1n) is 9.44. The number of carbonyl (C=O) groups excluding carboxylic acids is 1. The molecule has 8 nitrogen and oxygen atoms in total. The molecule has 0 saturated heterocycles. The third kappa shape index (κ3) is 4.91. The third-order valence-electron chi connectivity index (χ3n) is 4.84. The summed E-state index contributed by atoms with van der Waals surface area (Å²) >= 11 is 0. The van der Waals surface area contributed by atoms with E-state index in [-0.39, 0.29) is 6.54 Å². The molecule has 0 aliphatic carbocycles. The summed E-state index contributed by atoms with van der Waals surface area (Å²) in [5.41, 5.74) is 5.96. The Morgan fingerprint density at radius 1 is 1.13 bits per heavy atom. The maximum absolute atomic E-state index is 12.5. The summed E-state index contributed by atoms with van der Waals surface area (Å²) in [5, 5.41) is 4.11. The molecule has 1 N–H and O–H groups in total. The van der Waals surface area contributed by atoms with Gasteiger partial charge in [0.1, 0.15) is 19.8 Å². The van der Waals surface area contributed by atoms with Crippen LogP contribution in [0.1, 0.15) is 23.6 Å². The molecule has 0 bridgehead atoms. The van der Waals surface area contributed by atoms with Crippen LogP contribution in [-0.4, -0.2) is 46.1 Å². The van der Waals surface area contributed by atoms with Crippen molar-refractivity contribution in [1.82, 2.24) is 5.43 Å². The first-order valence-corrected chi connectivity index (χ1v) is 11.3. The molecule has 2 aromatic carbocycles. The van der Waals surface area contributed by atoms with Gasteiger partial charge in [0.15, 0.2) is 11.5 Å². The zero-order valence-corrected chi connectivity index (χ0v) is 18.2. The molecule has 160 valence electrons. The fourth-order valence-corrected chi connectivity index (χ4v) is 3.94. The Balaban J connectivity index is 1.75. The summed E-state index contributed by atoms with van der Waals surface area (Å²) in [5.74, 6) is 0.746. The average Bonchev–Trinajstić information content (AvgIpc) is 2.71. The van der Waals surface area contributed by atoms with Gasteiger partial charge in [0.05, 0.1) is 17.7 Å². The fraction of sp³-hybridized carbons (Fsp3) is 0.333. The van der Waals surface area contributed by atoms with E-state index in [1.54, 1.807) is 31.2 Å². The monoisotopic (exact) mass is 431 g/mol. The second-order valence-corrected chi connectivity index (χ2v) is 8.99. The lowest BCUT2D eigenvalue weighted by Gasteiger charge is -2.24. The molecule has 30 heavy (non-hydrogen) atoms. The van der Waals surface area contributed by atoms with Crippen molar-refractivity contribution < 1.29 is 22.7 Å². The van der Waals surface area contributed by atoms with Crippen molar-refractivity contribution in [3.63, 3.8) is 0 Å². The number of nitrogens with one attached hydrogen (secondary N) is 1. The molecular weight excluding hydrogens is 406 g/mol. The number of nitrogens with zero attached hydrogens (tertiary/aromatic N) is 2. The molecule has 0 unspecified atom stereocenters. The van der Waals surface area contributed by atoms with Gasteiger partial charge in [-0.3, -0.25) is 9.10 Å². The van der Waals surface area contributed by atoms with Crippen LogP contribution in [0.4, 0.5) is 5.69 Å². The molecule has 0 fully saturated rings. The van der Waals surface area contributed by atoms with Crippen LogP contribution in [0.25, 0.3) is 0 Å². The van der Waals surface area contributed by atoms with Crippen LogP contribution in [0.3, 0.4) is 0 Å². The van der Waals surface area contributed by atoms with Crippen LogP contribution in [0.5, 0.6) is 11.5 Å². The molecule has 1 aliphatic rings. The van der Waals surface area contributed by atoms with Gasteiger partial charge in [-0.15, -0.1) is 0 Å². The number of anilines is 1. The standard InChI is InChI=1S/C21H25N3O5S/c1-14-6-5-7-18(15(14)2)24(30(4,26)27)13-21(25)23-22-16(3)17-8-9-19-20(12-17)29-11-10-28-19/h5-9,12H,10-11,13H2,1-4H3,(H,23,25)/b22-16-. The minimum atomic E-state index is -3.66. The van der Waals surface area contributed by atoms with Gasteiger partial charge in [0.2, 0.25) is 10.0 Å². The number of carbonyl (C=O) groups is 1. The van der Waals surface area contributed by atoms with Crippen molar-refractivity contribution in [3.8, 4) is 11.5 Å². The Kier molecular flexibility index (Phi) is 6.31. The number of rotatable bonds is 6. The first kappa shape index (κ1) is 21.6. The third-order valence-corrected chi connectivity index (χ3v) is 5.97. The van der Waals surface area contributed by atoms with Gasteiger partial charge in [-0.2, -0.15) is 5.10 Å². The van der Waals surface area contributed by atoms with Crippen LogP contribution in [0, 0.1) is 13.8 Å². The quantitative estimate of drug-likeness (QED) is 0.559. The van der Waals surface area contributed by atoms with Crippen molar-refractivity contribution in [2.45, 2.75) is 20.8 Å². The number of benzene rings is 2. The Morgan fingerprint density at radius 3 is 2.53 bits per heavy atom. The van der Waals surface area contributed by atoms with E-state index in [0.29, 0.717) is 36.1 Å². The van der Waals surface area contributed by atoms with E-state index >= 15 is 0 Å². The van der Waals surface area contributed by atoms with Crippen molar-refractivity contribution in [3.05, 3.63) is 53.1 Å². The van der Waals surface area contributed by atoms with Gasteiger partial charge in [0.25, 0.3) is 5.91 Å². The summed E-state index contributed by atoms with van der Waals surface area (Å²) in [4.78, 5) is 12.5. The van der Waals surface area contributed by atoms with Gasteiger partial charge in [0, 0.05) is 5.56 Å². The number of ether oxygens (including phenoxy) is 2. The number of fused-ring (bicyclic) bond motifs is 1. The minimum absolute atomic E-state index is 0.374. The van der Waals surface area contributed by atoms with Crippen LogP contribution >= 0.6 is 0 Å². The zero-order chi connectivity index (χ0) is 21.9. The van der Waals surface area contributed by atoms with Gasteiger partial charge in [-0.05, 0) is 56.2 Å². The van der Waals surface area contributed by atoms with E-state index in [4.69, 9.17) is 9.47 Å². The molecule has 1 heterocycles. The van der Waals surface area contributed by atoms with E-state index in [0.717, 1.165) is 27.3 Å². The molecule has 0 radical (unpaired) electrons. The number of amides is 1. The maximum Gasteiger partial charge on any atom is 0.260 e. The number of sulfonamides is 1. The Bertz CT molecular complexity index is 1100. The number of hydrogen-bond acceptors (Lipinski definition) is 6. The van der Waals surface area contributed by atoms with E-state index in [2.05, 4.69) is 10.5 Å². The van der Waals surface area contributed by atoms with E-state index in [1.165, 1.54) is 0 Å². The molecule has 2 aromatic rings. The lowest BCUT2D eigenvalue weighted by molar-refractivity contribution is -0.119. The van der Waals surface area contributed by atoms with Crippen molar-refractivity contribution in [2.75, 3.05) is 30.3 Å². The van der Waals surface area contributed by atoms with E-state index < -0.39 is 15.9 Å². The number of hydrazone groups is 1. The maximum atomic E-state index is 12.5. The highest BCUT2D eigenvalue weighted by molar-refractivity contribution is 7.92. The SMILES string of the molecule is C/C(=N/NC(=O)CN(c1cccc(C)c1C)S(C)(=O)=O)c1ccc2c(c1)OCCO2. The van der Waals surface area contributed by atoms with Crippen LogP contribution in [0.2, 0.25) is 0 Å². The minimum Gasteiger partial charge on any atom is -0.486 e. The Morgan fingerprint density at radius 2 is 1.83 bits per heavy atom. The molecule has 3 rings (SSSR count). The highest BCUT2D eigenvalue weighted by Gasteiger charge is 2.23. The largest absolute Gasteiger partial charge is 0.486 e. The zero-order valence-electron chi connectivity index (χ0n) is 17.4. The molecule has 0 atom stereocenters. The molecule has 1 aliphatic heterocycles. The lowest BCUT2D eigenvalue weighted by Crippen LogP contribution is -2.39. The Hall–Kier alpha value is -3.07. The fourth-order valence-electron chi connectivity index (χ4n) is 3.03. The highest BCUT2D eigenvalue weighted by atomic mass is 32.2. The molecule has 0 spiro atoms. The van der Waals surface area contributed by atoms with Crippen LogP contribution in [0.15, 0.2) is 41.5 Å². The van der Waals surface area contributed by atoms with Gasteiger partial charge in [-0.1, -0.05) is 12.1 Å². The number of aryl methyl sites for hydroxylation is 1.